The number of benzene rings is 2. The number of nitrogens with one attached hydrogen (secondary N) is 1. The largest absolute Gasteiger partial charge is 0.496 e. The lowest BCUT2D eigenvalue weighted by Crippen LogP contribution is -2.22. The molecule has 0 heterocycles. The highest BCUT2D eigenvalue weighted by molar-refractivity contribution is 6.34. The molecule has 0 radical (unpaired) electrons. The minimum atomic E-state index is -0.610. The molecule has 0 saturated heterocycles. The average Bonchev–Trinajstić information content (AvgIpc) is 2.62. The van der Waals surface area contributed by atoms with Crippen molar-refractivity contribution >= 4 is 34.9 Å². The van der Waals surface area contributed by atoms with E-state index in [1.807, 2.05) is 19.9 Å². The number of Topliss-reactive ketones (excluding diaryl/α,β-unsaturated/α-hetero) is 1. The molecule has 28 heavy (non-hydrogen) atoms. The summed E-state index contributed by atoms with van der Waals surface area (Å²) in [5.41, 5.74) is 3.26. The number of anilines is 1. The minimum Gasteiger partial charge on any atom is -0.496 e. The zero-order valence-electron chi connectivity index (χ0n) is 16.2. The van der Waals surface area contributed by atoms with Crippen molar-refractivity contribution in [2.75, 3.05) is 19.0 Å². The van der Waals surface area contributed by atoms with Gasteiger partial charge in [-0.15, -0.1) is 0 Å². The highest BCUT2D eigenvalue weighted by Crippen LogP contribution is 2.27. The Morgan fingerprint density at radius 2 is 1.82 bits per heavy atom. The predicted octanol–water partition coefficient (Wildman–Crippen LogP) is 3.89. The van der Waals surface area contributed by atoms with Gasteiger partial charge in [0.25, 0.3) is 5.91 Å². The summed E-state index contributed by atoms with van der Waals surface area (Å²) in [5.74, 6) is -0.761. The number of esters is 1. The van der Waals surface area contributed by atoms with Crippen LogP contribution in [-0.4, -0.2) is 31.4 Å². The van der Waals surface area contributed by atoms with Gasteiger partial charge in [0, 0.05) is 11.1 Å². The normalized spacial score (nSPS) is 10.3. The number of carbonyl (C=O) groups is 3. The molecule has 0 unspecified atom stereocenters. The number of ether oxygens (including phenoxy) is 2. The summed E-state index contributed by atoms with van der Waals surface area (Å²) in [4.78, 5) is 35.8. The zero-order chi connectivity index (χ0) is 20.8. The fourth-order valence-electron chi connectivity index (χ4n) is 2.74. The fourth-order valence-corrected chi connectivity index (χ4v) is 3.11. The van der Waals surface area contributed by atoms with Gasteiger partial charge in [-0.25, -0.2) is 0 Å². The number of halogens is 1. The molecule has 1 amide bonds. The van der Waals surface area contributed by atoms with Crippen molar-refractivity contribution < 1.29 is 23.9 Å². The predicted molar refractivity (Wildman–Crippen MR) is 107 cm³/mol. The first-order chi connectivity index (χ1) is 13.2. The van der Waals surface area contributed by atoms with Crippen LogP contribution in [0.25, 0.3) is 0 Å². The van der Waals surface area contributed by atoms with Crippen LogP contribution in [0.4, 0.5) is 5.69 Å². The maximum absolute atomic E-state index is 12.1. The summed E-state index contributed by atoms with van der Waals surface area (Å²) in [7, 11) is 1.47. The molecule has 1 N–H and O–H groups in total. The average molecular weight is 404 g/mol. The number of aryl methyl sites for hydroxylation is 2. The molecule has 0 aromatic heterocycles. The van der Waals surface area contributed by atoms with E-state index in [1.54, 1.807) is 24.3 Å². The van der Waals surface area contributed by atoms with Crippen LogP contribution in [0.2, 0.25) is 5.02 Å². The Bertz CT molecular complexity index is 900. The van der Waals surface area contributed by atoms with Gasteiger partial charge < -0.3 is 14.8 Å². The maximum Gasteiger partial charge on any atom is 0.310 e. The monoisotopic (exact) mass is 403 g/mol. The van der Waals surface area contributed by atoms with Crippen molar-refractivity contribution in [1.82, 2.24) is 0 Å². The minimum absolute atomic E-state index is 0.123. The molecule has 148 valence electrons. The van der Waals surface area contributed by atoms with E-state index >= 15 is 0 Å². The molecule has 0 atom stereocenters. The molecule has 0 bridgehead atoms. The van der Waals surface area contributed by atoms with Crippen LogP contribution < -0.4 is 10.1 Å². The Labute approximate surface area is 168 Å². The number of hydrogen-bond acceptors (Lipinski definition) is 5. The van der Waals surface area contributed by atoms with E-state index < -0.39 is 18.5 Å². The number of carbonyl (C=O) groups excluding carboxylic acids is 3. The third-order valence-corrected chi connectivity index (χ3v) is 4.38. The van der Waals surface area contributed by atoms with E-state index in [0.717, 1.165) is 11.1 Å². The second-order valence-electron chi connectivity index (χ2n) is 6.41. The van der Waals surface area contributed by atoms with Crippen LogP contribution in [0.1, 0.15) is 34.0 Å². The van der Waals surface area contributed by atoms with Crippen LogP contribution >= 0.6 is 11.6 Å². The summed E-state index contributed by atoms with van der Waals surface area (Å²) in [5, 5.41) is 3.07. The van der Waals surface area contributed by atoms with E-state index in [-0.39, 0.29) is 12.2 Å². The summed E-state index contributed by atoms with van der Waals surface area (Å²) in [6, 6.07) is 8.45. The van der Waals surface area contributed by atoms with E-state index in [1.165, 1.54) is 14.0 Å². The first kappa shape index (κ1) is 21.4. The van der Waals surface area contributed by atoms with Gasteiger partial charge in [0.2, 0.25) is 0 Å². The summed E-state index contributed by atoms with van der Waals surface area (Å²) >= 11 is 6.16. The Morgan fingerprint density at radius 1 is 1.11 bits per heavy atom. The number of hydrogen-bond donors (Lipinski definition) is 1. The summed E-state index contributed by atoms with van der Waals surface area (Å²) < 4.78 is 10.3. The number of amides is 1. The molecule has 0 aliphatic heterocycles. The Hall–Kier alpha value is -2.86. The van der Waals surface area contributed by atoms with Crippen LogP contribution in [-0.2, 0) is 20.7 Å². The van der Waals surface area contributed by atoms with Gasteiger partial charge in [0.15, 0.2) is 12.4 Å². The lowest BCUT2D eigenvalue weighted by molar-refractivity contribution is -0.146. The molecule has 6 nitrogen and oxygen atoms in total. The second-order valence-corrected chi connectivity index (χ2v) is 6.81. The highest BCUT2D eigenvalue weighted by atomic mass is 35.5. The van der Waals surface area contributed by atoms with Gasteiger partial charge in [0.1, 0.15) is 5.75 Å². The van der Waals surface area contributed by atoms with Crippen molar-refractivity contribution in [3.63, 3.8) is 0 Å². The molecule has 0 spiro atoms. The van der Waals surface area contributed by atoms with Gasteiger partial charge in [-0.3, -0.25) is 14.4 Å². The third kappa shape index (κ3) is 5.57. The Balaban J connectivity index is 1.98. The van der Waals surface area contributed by atoms with Gasteiger partial charge in [0.05, 0.1) is 24.2 Å². The molecule has 2 aromatic rings. The third-order valence-electron chi connectivity index (χ3n) is 4.08. The van der Waals surface area contributed by atoms with Crippen LogP contribution in [0, 0.1) is 13.8 Å². The lowest BCUT2D eigenvalue weighted by atomic mass is 10.0. The van der Waals surface area contributed by atoms with Gasteiger partial charge in [-0.05, 0) is 56.2 Å². The van der Waals surface area contributed by atoms with Crippen molar-refractivity contribution in [1.29, 1.82) is 0 Å². The van der Waals surface area contributed by atoms with Crippen molar-refractivity contribution in [2.45, 2.75) is 27.2 Å². The number of rotatable bonds is 7. The molecular weight excluding hydrogens is 382 g/mol. The smallest absolute Gasteiger partial charge is 0.310 e. The van der Waals surface area contributed by atoms with Crippen LogP contribution in [0.15, 0.2) is 30.3 Å². The van der Waals surface area contributed by atoms with E-state index in [2.05, 4.69) is 5.32 Å². The van der Waals surface area contributed by atoms with E-state index in [0.29, 0.717) is 27.6 Å². The SMILES string of the molecule is COc1ccc(C(C)=O)cc1CC(=O)OCC(=O)Nc1c(C)cc(C)cc1Cl. The van der Waals surface area contributed by atoms with Crippen LogP contribution in [0.5, 0.6) is 5.75 Å². The number of ketones is 1. The maximum atomic E-state index is 12.1. The summed E-state index contributed by atoms with van der Waals surface area (Å²) in [6.07, 6.45) is -0.123. The van der Waals surface area contributed by atoms with Crippen LogP contribution in [0.3, 0.4) is 0 Å². The Kier molecular flexibility index (Phi) is 7.18. The molecule has 0 aliphatic carbocycles. The standard InChI is InChI=1S/C21H22ClNO5/c1-12-7-13(2)21(17(22)8-12)23-19(25)11-28-20(26)10-16-9-15(14(3)24)5-6-18(16)27-4/h5-9H,10-11H2,1-4H3,(H,23,25). The molecule has 0 fully saturated rings. The molecule has 7 heteroatoms. The first-order valence-corrected chi connectivity index (χ1v) is 8.99. The second kappa shape index (κ2) is 9.37. The topological polar surface area (TPSA) is 81.7 Å². The van der Waals surface area contributed by atoms with Gasteiger partial charge in [-0.1, -0.05) is 17.7 Å². The quantitative estimate of drug-likeness (QED) is 0.560. The first-order valence-electron chi connectivity index (χ1n) is 8.61. The molecule has 2 aromatic carbocycles. The van der Waals surface area contributed by atoms with Crippen molar-refractivity contribution in [3.8, 4) is 5.75 Å². The highest BCUT2D eigenvalue weighted by Gasteiger charge is 2.15. The molecular formula is C21H22ClNO5. The van der Waals surface area contributed by atoms with Gasteiger partial charge in [-0.2, -0.15) is 0 Å². The Morgan fingerprint density at radius 3 is 2.43 bits per heavy atom. The molecule has 2 rings (SSSR count). The summed E-state index contributed by atoms with van der Waals surface area (Å²) in [6.45, 7) is 4.72. The molecule has 0 saturated carbocycles. The fraction of sp³-hybridized carbons (Fsp3) is 0.286. The van der Waals surface area contributed by atoms with Gasteiger partial charge >= 0.3 is 5.97 Å². The van der Waals surface area contributed by atoms with Crippen molar-refractivity contribution in [2.24, 2.45) is 0 Å². The van der Waals surface area contributed by atoms with Crippen molar-refractivity contribution in [3.05, 3.63) is 57.6 Å². The molecule has 0 aliphatic rings. The lowest BCUT2D eigenvalue weighted by Gasteiger charge is -2.12. The van der Waals surface area contributed by atoms with E-state index in [9.17, 15) is 14.4 Å². The number of methoxy groups -OCH3 is 1. The van der Waals surface area contributed by atoms with E-state index in [4.69, 9.17) is 21.1 Å². The zero-order valence-corrected chi connectivity index (χ0v) is 17.0.